The van der Waals surface area contributed by atoms with Gasteiger partial charge in [-0.1, -0.05) is 13.3 Å². The molecule has 0 radical (unpaired) electrons. The number of hydrogen-bond donors (Lipinski definition) is 1. The van der Waals surface area contributed by atoms with Crippen molar-refractivity contribution < 1.29 is 4.74 Å². The van der Waals surface area contributed by atoms with E-state index in [4.69, 9.17) is 10.5 Å². The first-order valence-corrected chi connectivity index (χ1v) is 6.04. The Hall–Kier alpha value is -1.25. The second-order valence-corrected chi connectivity index (χ2v) is 4.89. The van der Waals surface area contributed by atoms with Crippen LogP contribution in [0.1, 0.15) is 38.2 Å². The fraction of sp³-hybridized carbons (Fsp3) is 0.615. The highest BCUT2D eigenvalue weighted by atomic mass is 16.5. The number of aryl methyl sites for hydroxylation is 1. The molecule has 0 saturated heterocycles. The monoisotopic (exact) mass is 220 g/mol. The molecular weight excluding hydrogens is 200 g/mol. The van der Waals surface area contributed by atoms with Crippen molar-refractivity contribution in [3.8, 4) is 5.88 Å². The smallest absolute Gasteiger partial charge is 0.215 e. The lowest BCUT2D eigenvalue weighted by molar-refractivity contribution is 0.124. The summed E-state index contributed by atoms with van der Waals surface area (Å²) in [6, 6.07) is 1.83. The Labute approximate surface area is 97.0 Å². The first-order chi connectivity index (χ1) is 7.65. The van der Waals surface area contributed by atoms with Gasteiger partial charge < -0.3 is 10.5 Å². The molecular formula is C13H20N2O. The second-order valence-electron chi connectivity index (χ2n) is 4.89. The standard InChI is InChI=1S/C13H20N2O/c1-9-4-3-5-11(6-9)16-13-7-12(14)10(2)8-15-13/h7-9,11H,3-6H2,1-2H3,(H2,14,15). The van der Waals surface area contributed by atoms with E-state index in [0.29, 0.717) is 12.0 Å². The van der Waals surface area contributed by atoms with Gasteiger partial charge in [0, 0.05) is 18.0 Å². The average molecular weight is 220 g/mol. The third-order valence-electron chi connectivity index (χ3n) is 3.30. The molecule has 1 aromatic heterocycles. The molecule has 2 atom stereocenters. The fourth-order valence-corrected chi connectivity index (χ4v) is 2.24. The van der Waals surface area contributed by atoms with Crippen molar-refractivity contribution in [1.82, 2.24) is 4.98 Å². The maximum atomic E-state index is 5.87. The third kappa shape index (κ3) is 2.65. The minimum atomic E-state index is 0.318. The van der Waals surface area contributed by atoms with E-state index in [0.717, 1.165) is 30.0 Å². The van der Waals surface area contributed by atoms with Gasteiger partial charge in [0.15, 0.2) is 0 Å². The maximum Gasteiger partial charge on any atom is 0.215 e. The van der Waals surface area contributed by atoms with Gasteiger partial charge in [0.2, 0.25) is 5.88 Å². The van der Waals surface area contributed by atoms with Gasteiger partial charge in [0.1, 0.15) is 6.10 Å². The Kier molecular flexibility index (Phi) is 3.32. The Balaban J connectivity index is 2.00. The van der Waals surface area contributed by atoms with Crippen LogP contribution in [0.3, 0.4) is 0 Å². The van der Waals surface area contributed by atoms with Gasteiger partial charge >= 0.3 is 0 Å². The Bertz CT molecular complexity index is 365. The molecule has 3 heteroatoms. The fourth-order valence-electron chi connectivity index (χ4n) is 2.24. The zero-order valence-electron chi connectivity index (χ0n) is 10.1. The molecule has 2 N–H and O–H groups in total. The van der Waals surface area contributed by atoms with E-state index < -0.39 is 0 Å². The predicted octanol–water partition coefficient (Wildman–Crippen LogP) is 2.93. The first kappa shape index (κ1) is 11.2. The summed E-state index contributed by atoms with van der Waals surface area (Å²) in [5, 5.41) is 0. The zero-order valence-corrected chi connectivity index (χ0v) is 10.1. The summed E-state index contributed by atoms with van der Waals surface area (Å²) in [4.78, 5) is 4.26. The predicted molar refractivity (Wildman–Crippen MR) is 65.4 cm³/mol. The van der Waals surface area contributed by atoms with E-state index in [1.807, 2.05) is 13.0 Å². The minimum Gasteiger partial charge on any atom is -0.474 e. The summed E-state index contributed by atoms with van der Waals surface area (Å²) in [6.45, 7) is 4.24. The molecule has 16 heavy (non-hydrogen) atoms. The summed E-state index contributed by atoms with van der Waals surface area (Å²) in [6.07, 6.45) is 6.95. The molecule has 1 heterocycles. The first-order valence-electron chi connectivity index (χ1n) is 6.04. The average Bonchev–Trinajstić information content (AvgIpc) is 2.24. The highest BCUT2D eigenvalue weighted by Gasteiger charge is 2.20. The molecule has 0 amide bonds. The summed E-state index contributed by atoms with van der Waals surface area (Å²) in [5.74, 6) is 1.43. The van der Waals surface area contributed by atoms with E-state index in [1.54, 1.807) is 6.20 Å². The van der Waals surface area contributed by atoms with Crippen LogP contribution in [0.5, 0.6) is 5.88 Å². The number of aromatic nitrogens is 1. The van der Waals surface area contributed by atoms with E-state index >= 15 is 0 Å². The van der Waals surface area contributed by atoms with E-state index in [-0.39, 0.29) is 0 Å². The van der Waals surface area contributed by atoms with Crippen LogP contribution in [-0.4, -0.2) is 11.1 Å². The molecule has 1 fully saturated rings. The molecule has 0 aromatic carbocycles. The topological polar surface area (TPSA) is 48.1 Å². The molecule has 2 unspecified atom stereocenters. The van der Waals surface area contributed by atoms with Crippen LogP contribution in [0, 0.1) is 12.8 Å². The lowest BCUT2D eigenvalue weighted by Crippen LogP contribution is -2.24. The third-order valence-corrected chi connectivity index (χ3v) is 3.30. The van der Waals surface area contributed by atoms with Gasteiger partial charge in [-0.25, -0.2) is 4.98 Å². The van der Waals surface area contributed by atoms with Crippen LogP contribution < -0.4 is 10.5 Å². The number of rotatable bonds is 2. The normalized spacial score (nSPS) is 25.4. The molecule has 0 aliphatic heterocycles. The minimum absolute atomic E-state index is 0.318. The van der Waals surface area contributed by atoms with Crippen molar-refractivity contribution in [3.05, 3.63) is 17.8 Å². The van der Waals surface area contributed by atoms with Crippen molar-refractivity contribution in [1.29, 1.82) is 0 Å². The number of hydrogen-bond acceptors (Lipinski definition) is 3. The number of nitrogens with zero attached hydrogens (tertiary/aromatic N) is 1. The van der Waals surface area contributed by atoms with Crippen LogP contribution in [0.4, 0.5) is 5.69 Å². The Morgan fingerprint density at radius 1 is 1.44 bits per heavy atom. The van der Waals surface area contributed by atoms with Crippen molar-refractivity contribution in [2.45, 2.75) is 45.6 Å². The summed E-state index contributed by atoms with van der Waals surface area (Å²) < 4.78 is 5.87. The van der Waals surface area contributed by atoms with Crippen LogP contribution in [0.25, 0.3) is 0 Å². The number of anilines is 1. The maximum absolute atomic E-state index is 5.87. The lowest BCUT2D eigenvalue weighted by atomic mass is 9.89. The largest absolute Gasteiger partial charge is 0.474 e. The molecule has 3 nitrogen and oxygen atoms in total. The molecule has 1 saturated carbocycles. The van der Waals surface area contributed by atoms with Crippen molar-refractivity contribution >= 4 is 5.69 Å². The SMILES string of the molecule is Cc1cnc(OC2CCCC(C)C2)cc1N. The number of pyridine rings is 1. The lowest BCUT2D eigenvalue weighted by Gasteiger charge is -2.26. The highest BCUT2D eigenvalue weighted by molar-refractivity contribution is 5.47. The quantitative estimate of drug-likeness (QED) is 0.833. The van der Waals surface area contributed by atoms with Crippen LogP contribution in [-0.2, 0) is 0 Å². The zero-order chi connectivity index (χ0) is 11.5. The molecule has 2 rings (SSSR count). The second kappa shape index (κ2) is 4.73. The summed E-state index contributed by atoms with van der Waals surface area (Å²) in [7, 11) is 0. The highest BCUT2D eigenvalue weighted by Crippen LogP contribution is 2.27. The van der Waals surface area contributed by atoms with E-state index in [2.05, 4.69) is 11.9 Å². The van der Waals surface area contributed by atoms with Gasteiger partial charge in [-0.2, -0.15) is 0 Å². The van der Waals surface area contributed by atoms with E-state index in [9.17, 15) is 0 Å². The molecule has 0 bridgehead atoms. The number of nitrogen functional groups attached to an aromatic ring is 1. The van der Waals surface area contributed by atoms with Crippen LogP contribution in [0.15, 0.2) is 12.3 Å². The van der Waals surface area contributed by atoms with Gasteiger partial charge in [0.25, 0.3) is 0 Å². The van der Waals surface area contributed by atoms with Crippen molar-refractivity contribution in [2.24, 2.45) is 5.92 Å². The van der Waals surface area contributed by atoms with Gasteiger partial charge in [-0.3, -0.25) is 0 Å². The number of nitrogens with two attached hydrogens (primary N) is 1. The number of ether oxygens (including phenoxy) is 1. The summed E-state index contributed by atoms with van der Waals surface area (Å²) in [5.41, 5.74) is 7.60. The Morgan fingerprint density at radius 3 is 2.94 bits per heavy atom. The van der Waals surface area contributed by atoms with Gasteiger partial charge in [-0.15, -0.1) is 0 Å². The molecule has 1 aliphatic rings. The molecule has 1 aliphatic carbocycles. The van der Waals surface area contributed by atoms with E-state index in [1.165, 1.54) is 12.8 Å². The van der Waals surface area contributed by atoms with Gasteiger partial charge in [-0.05, 0) is 37.7 Å². The van der Waals surface area contributed by atoms with Crippen LogP contribution in [0.2, 0.25) is 0 Å². The van der Waals surface area contributed by atoms with Gasteiger partial charge in [0.05, 0.1) is 0 Å². The van der Waals surface area contributed by atoms with Crippen LogP contribution >= 0.6 is 0 Å². The van der Waals surface area contributed by atoms with Crippen molar-refractivity contribution in [2.75, 3.05) is 5.73 Å². The molecule has 1 aromatic rings. The molecule has 0 spiro atoms. The van der Waals surface area contributed by atoms with Crippen molar-refractivity contribution in [3.63, 3.8) is 0 Å². The Morgan fingerprint density at radius 2 is 2.25 bits per heavy atom. The molecule has 88 valence electrons. The summed E-state index contributed by atoms with van der Waals surface area (Å²) >= 11 is 0.